The molecule has 3 aromatic rings. The van der Waals surface area contributed by atoms with Gasteiger partial charge >= 0.3 is 5.97 Å². The Bertz CT molecular complexity index is 984. The number of hydrogen-bond donors (Lipinski definition) is 2. The van der Waals surface area contributed by atoms with Gasteiger partial charge in [-0.05, 0) is 12.1 Å². The molecule has 26 heavy (non-hydrogen) atoms. The number of aromatic amines is 1. The third-order valence-corrected chi connectivity index (χ3v) is 3.98. The molecule has 1 aliphatic heterocycles. The third-order valence-electron chi connectivity index (χ3n) is 3.98. The van der Waals surface area contributed by atoms with Gasteiger partial charge in [0, 0.05) is 13.3 Å². The van der Waals surface area contributed by atoms with Crippen molar-refractivity contribution < 1.29 is 28.8 Å². The minimum Gasteiger partial charge on any atom is -0.490 e. The molecule has 3 heterocycles. The number of methoxy groups -OCH3 is 1. The third kappa shape index (κ3) is 2.58. The molecule has 134 valence electrons. The molecule has 2 aromatic heterocycles. The van der Waals surface area contributed by atoms with Crippen LogP contribution in [0.25, 0.3) is 22.3 Å². The topological polar surface area (TPSA) is 116 Å². The lowest BCUT2D eigenvalue weighted by atomic mass is 10.1. The van der Waals surface area contributed by atoms with Crippen molar-refractivity contribution in [1.29, 1.82) is 0 Å². The van der Waals surface area contributed by atoms with Crippen molar-refractivity contribution in [3.05, 3.63) is 30.2 Å². The molecule has 0 atom stereocenters. The van der Waals surface area contributed by atoms with E-state index in [-0.39, 0.29) is 12.4 Å². The van der Waals surface area contributed by atoms with E-state index in [2.05, 4.69) is 15.0 Å². The molecular formula is C17H15N3O6. The molecule has 1 aliphatic rings. The summed E-state index contributed by atoms with van der Waals surface area (Å²) in [5, 5.41) is 9.32. The first-order chi connectivity index (χ1) is 12.7. The number of benzene rings is 1. The molecule has 9 nitrogen and oxygen atoms in total. The van der Waals surface area contributed by atoms with Crippen molar-refractivity contribution in [2.75, 3.05) is 27.1 Å². The van der Waals surface area contributed by atoms with E-state index in [0.29, 0.717) is 52.8 Å². The summed E-state index contributed by atoms with van der Waals surface area (Å²) >= 11 is 0. The highest BCUT2D eigenvalue weighted by molar-refractivity contribution is 6.05. The first-order valence-corrected chi connectivity index (χ1v) is 7.80. The number of carboxylic acids is 1. The molecule has 1 aromatic carbocycles. The SMILES string of the molecule is COCCOc1ccc2c(c1-c1ncnc3c(C(=O)O)c[nH]c13)OCO2. The predicted octanol–water partition coefficient (Wildman–Crippen LogP) is 2.08. The Morgan fingerprint density at radius 1 is 1.31 bits per heavy atom. The Morgan fingerprint density at radius 3 is 3.00 bits per heavy atom. The summed E-state index contributed by atoms with van der Waals surface area (Å²) in [7, 11) is 1.59. The van der Waals surface area contributed by atoms with Crippen LogP contribution in [0.3, 0.4) is 0 Å². The average molecular weight is 357 g/mol. The number of fused-ring (bicyclic) bond motifs is 2. The van der Waals surface area contributed by atoms with Gasteiger partial charge in [-0.2, -0.15) is 0 Å². The summed E-state index contributed by atoms with van der Waals surface area (Å²) in [6, 6.07) is 3.51. The van der Waals surface area contributed by atoms with Crippen molar-refractivity contribution in [2.24, 2.45) is 0 Å². The average Bonchev–Trinajstić information content (AvgIpc) is 3.28. The van der Waals surface area contributed by atoms with Gasteiger partial charge in [-0.1, -0.05) is 0 Å². The maximum atomic E-state index is 11.4. The van der Waals surface area contributed by atoms with Crippen LogP contribution in [0.5, 0.6) is 17.2 Å². The second-order valence-electron chi connectivity index (χ2n) is 5.47. The van der Waals surface area contributed by atoms with Crippen LogP contribution in [0, 0.1) is 0 Å². The summed E-state index contributed by atoms with van der Waals surface area (Å²) < 4.78 is 21.9. The van der Waals surface area contributed by atoms with E-state index in [9.17, 15) is 9.90 Å². The quantitative estimate of drug-likeness (QED) is 0.644. The van der Waals surface area contributed by atoms with Crippen LogP contribution in [0.15, 0.2) is 24.7 Å². The van der Waals surface area contributed by atoms with Crippen molar-refractivity contribution in [1.82, 2.24) is 15.0 Å². The van der Waals surface area contributed by atoms with Crippen LogP contribution in [0.2, 0.25) is 0 Å². The molecule has 0 amide bonds. The van der Waals surface area contributed by atoms with Gasteiger partial charge in [0.2, 0.25) is 6.79 Å². The fourth-order valence-electron chi connectivity index (χ4n) is 2.83. The van der Waals surface area contributed by atoms with E-state index in [0.717, 1.165) is 0 Å². The molecule has 0 saturated carbocycles. The number of rotatable bonds is 6. The molecule has 9 heteroatoms. The Balaban J connectivity index is 1.91. The first kappa shape index (κ1) is 16.2. The smallest absolute Gasteiger partial charge is 0.339 e. The molecule has 0 unspecified atom stereocenters. The van der Waals surface area contributed by atoms with Crippen LogP contribution < -0.4 is 14.2 Å². The lowest BCUT2D eigenvalue weighted by molar-refractivity contribution is 0.0699. The summed E-state index contributed by atoms with van der Waals surface area (Å²) in [5.74, 6) is 0.510. The summed E-state index contributed by atoms with van der Waals surface area (Å²) in [6.07, 6.45) is 2.70. The van der Waals surface area contributed by atoms with E-state index in [1.165, 1.54) is 12.5 Å². The molecule has 0 saturated heterocycles. The maximum absolute atomic E-state index is 11.4. The number of aromatic carboxylic acids is 1. The summed E-state index contributed by atoms with van der Waals surface area (Å²) in [6.45, 7) is 0.838. The molecule has 2 N–H and O–H groups in total. The Labute approximate surface area is 147 Å². The van der Waals surface area contributed by atoms with Gasteiger partial charge < -0.3 is 29.0 Å². The van der Waals surface area contributed by atoms with Crippen LogP contribution in [-0.4, -0.2) is 53.1 Å². The first-order valence-electron chi connectivity index (χ1n) is 7.80. The van der Waals surface area contributed by atoms with Gasteiger partial charge in [0.05, 0.1) is 17.7 Å². The van der Waals surface area contributed by atoms with E-state index in [1.54, 1.807) is 19.2 Å². The largest absolute Gasteiger partial charge is 0.490 e. The van der Waals surface area contributed by atoms with Gasteiger partial charge in [-0.3, -0.25) is 0 Å². The lowest BCUT2D eigenvalue weighted by Gasteiger charge is -2.13. The zero-order valence-corrected chi connectivity index (χ0v) is 13.8. The van der Waals surface area contributed by atoms with Crippen LogP contribution in [0.1, 0.15) is 10.4 Å². The molecule has 0 fully saturated rings. The number of nitrogens with zero attached hydrogens (tertiary/aromatic N) is 2. The van der Waals surface area contributed by atoms with E-state index < -0.39 is 5.97 Å². The van der Waals surface area contributed by atoms with Crippen molar-refractivity contribution in [3.8, 4) is 28.5 Å². The summed E-state index contributed by atoms with van der Waals surface area (Å²) in [4.78, 5) is 22.8. The number of aromatic nitrogens is 3. The molecular weight excluding hydrogens is 342 g/mol. The number of nitrogens with one attached hydrogen (secondary N) is 1. The van der Waals surface area contributed by atoms with Crippen LogP contribution >= 0.6 is 0 Å². The van der Waals surface area contributed by atoms with Crippen LogP contribution in [-0.2, 0) is 4.74 Å². The zero-order chi connectivity index (χ0) is 18.1. The fraction of sp³-hybridized carbons (Fsp3) is 0.235. The second-order valence-corrected chi connectivity index (χ2v) is 5.47. The molecule has 0 aliphatic carbocycles. The Morgan fingerprint density at radius 2 is 2.19 bits per heavy atom. The van der Waals surface area contributed by atoms with Gasteiger partial charge in [0.15, 0.2) is 11.5 Å². The van der Waals surface area contributed by atoms with Gasteiger partial charge in [-0.15, -0.1) is 0 Å². The number of H-pyrrole nitrogens is 1. The highest BCUT2D eigenvalue weighted by atomic mass is 16.7. The monoisotopic (exact) mass is 357 g/mol. The van der Waals surface area contributed by atoms with Gasteiger partial charge in [0.1, 0.15) is 35.5 Å². The number of carbonyl (C=O) groups is 1. The predicted molar refractivity (Wildman–Crippen MR) is 89.8 cm³/mol. The molecule has 0 radical (unpaired) electrons. The number of hydrogen-bond acceptors (Lipinski definition) is 7. The fourth-order valence-corrected chi connectivity index (χ4v) is 2.83. The molecule has 4 rings (SSSR count). The zero-order valence-electron chi connectivity index (χ0n) is 13.8. The lowest BCUT2D eigenvalue weighted by Crippen LogP contribution is -2.06. The van der Waals surface area contributed by atoms with Gasteiger partial charge in [0.25, 0.3) is 0 Å². The molecule has 0 bridgehead atoms. The van der Waals surface area contributed by atoms with E-state index in [4.69, 9.17) is 18.9 Å². The van der Waals surface area contributed by atoms with Crippen molar-refractivity contribution in [3.63, 3.8) is 0 Å². The van der Waals surface area contributed by atoms with Gasteiger partial charge in [-0.25, -0.2) is 14.8 Å². The highest BCUT2D eigenvalue weighted by Crippen LogP contribution is 2.47. The maximum Gasteiger partial charge on any atom is 0.339 e. The normalized spacial score (nSPS) is 12.5. The highest BCUT2D eigenvalue weighted by Gasteiger charge is 2.27. The number of ether oxygens (including phenoxy) is 4. The number of carboxylic acid groups (broad SMARTS) is 1. The Hall–Kier alpha value is -3.33. The minimum atomic E-state index is -1.07. The van der Waals surface area contributed by atoms with E-state index in [1.807, 2.05) is 0 Å². The minimum absolute atomic E-state index is 0.0650. The second kappa shape index (κ2) is 6.52. The van der Waals surface area contributed by atoms with Crippen molar-refractivity contribution >= 4 is 17.0 Å². The Kier molecular flexibility index (Phi) is 4.05. The molecule has 0 spiro atoms. The van der Waals surface area contributed by atoms with Crippen molar-refractivity contribution in [2.45, 2.75) is 0 Å². The standard InChI is InChI=1S/C17H15N3O6/c1-23-4-5-24-10-2-3-11-16(26-8-25-11)12(10)14-15-13(19-7-20-14)9(6-18-15)17(21)22/h2-3,6-7,18H,4-5,8H2,1H3,(H,21,22). The van der Waals surface area contributed by atoms with E-state index >= 15 is 0 Å². The van der Waals surface area contributed by atoms with Crippen LogP contribution in [0.4, 0.5) is 0 Å². The summed E-state index contributed by atoms with van der Waals surface area (Å²) in [5.41, 5.74) is 1.89.